The van der Waals surface area contributed by atoms with Crippen molar-refractivity contribution >= 4 is 15.9 Å². The zero-order chi connectivity index (χ0) is 10.8. The third-order valence-corrected chi connectivity index (χ3v) is 2.55. The Morgan fingerprint density at radius 1 is 1.21 bits per heavy atom. The molecule has 6 N–H and O–H groups in total. The molecule has 7 heteroatoms. The normalized spacial score (nSPS) is 12.8. The van der Waals surface area contributed by atoms with E-state index in [0.717, 1.165) is 0 Å². The number of sulfonamides is 1. The summed E-state index contributed by atoms with van der Waals surface area (Å²) in [5.41, 5.74) is 5.94. The number of hydrazone groups is 1. The highest BCUT2D eigenvalue weighted by molar-refractivity contribution is 7.89. The van der Waals surface area contributed by atoms with Crippen molar-refractivity contribution in [2.45, 2.75) is 4.90 Å². The van der Waals surface area contributed by atoms with Gasteiger partial charge in [0, 0.05) is 5.56 Å². The second-order valence-electron chi connectivity index (χ2n) is 2.58. The van der Waals surface area contributed by atoms with Crippen LogP contribution in [0.15, 0.2) is 34.3 Å². The Hall–Kier alpha value is -1.60. The molecule has 0 saturated carbocycles. The van der Waals surface area contributed by atoms with E-state index in [-0.39, 0.29) is 10.7 Å². The molecule has 0 bridgehead atoms. The van der Waals surface area contributed by atoms with Crippen LogP contribution in [0.1, 0.15) is 5.56 Å². The van der Waals surface area contributed by atoms with Crippen molar-refractivity contribution in [1.82, 2.24) is 0 Å². The molecule has 0 heterocycles. The Morgan fingerprint density at radius 3 is 2.07 bits per heavy atom. The quantitative estimate of drug-likeness (QED) is 0.250. The molecule has 0 fully saturated rings. The van der Waals surface area contributed by atoms with Gasteiger partial charge in [-0.3, -0.25) is 0 Å². The minimum absolute atomic E-state index is 0.0195. The number of hydrogen-bond acceptors (Lipinski definition) is 4. The minimum atomic E-state index is -3.66. The number of amidine groups is 1. The lowest BCUT2D eigenvalue weighted by Crippen LogP contribution is -2.16. The largest absolute Gasteiger partial charge is 0.382 e. The maximum Gasteiger partial charge on any atom is 0.238 e. The van der Waals surface area contributed by atoms with E-state index >= 15 is 0 Å². The Morgan fingerprint density at radius 2 is 1.71 bits per heavy atom. The third kappa shape index (κ3) is 2.21. The van der Waals surface area contributed by atoms with Gasteiger partial charge in [0.1, 0.15) is 5.84 Å². The lowest BCUT2D eigenvalue weighted by molar-refractivity contribution is 0.598. The molecule has 0 unspecified atom stereocenters. The van der Waals surface area contributed by atoms with E-state index < -0.39 is 10.0 Å². The number of primary sulfonamides is 1. The zero-order valence-corrected chi connectivity index (χ0v) is 8.03. The Labute approximate surface area is 81.4 Å². The van der Waals surface area contributed by atoms with Crippen LogP contribution >= 0.6 is 0 Å². The van der Waals surface area contributed by atoms with Gasteiger partial charge in [0.2, 0.25) is 10.0 Å². The smallest absolute Gasteiger partial charge is 0.238 e. The van der Waals surface area contributed by atoms with Gasteiger partial charge in [-0.15, -0.1) is 0 Å². The van der Waals surface area contributed by atoms with Gasteiger partial charge < -0.3 is 11.6 Å². The van der Waals surface area contributed by atoms with Gasteiger partial charge in [-0.05, 0) is 24.3 Å². The lowest BCUT2D eigenvalue weighted by Gasteiger charge is -2.00. The second kappa shape index (κ2) is 3.64. The summed E-state index contributed by atoms with van der Waals surface area (Å²) in [6, 6.07) is 5.63. The molecule has 6 nitrogen and oxygen atoms in total. The summed E-state index contributed by atoms with van der Waals surface area (Å²) in [6.07, 6.45) is 0. The van der Waals surface area contributed by atoms with Crippen molar-refractivity contribution < 1.29 is 8.42 Å². The number of rotatable bonds is 2. The molecule has 1 aromatic rings. The molecule has 0 aliphatic rings. The van der Waals surface area contributed by atoms with E-state index in [1.807, 2.05) is 0 Å². The average Bonchev–Trinajstić information content (AvgIpc) is 2.15. The second-order valence-corrected chi connectivity index (χ2v) is 4.15. The average molecular weight is 214 g/mol. The van der Waals surface area contributed by atoms with Gasteiger partial charge >= 0.3 is 0 Å². The molecule has 0 atom stereocenters. The highest BCUT2D eigenvalue weighted by Gasteiger charge is 2.07. The molecule has 1 rings (SSSR count). The molecule has 0 spiro atoms. The van der Waals surface area contributed by atoms with Crippen molar-refractivity contribution in [3.63, 3.8) is 0 Å². The molecule has 76 valence electrons. The molecule has 1 aromatic carbocycles. The summed E-state index contributed by atoms with van der Waals surface area (Å²) in [5, 5.41) is 8.17. The van der Waals surface area contributed by atoms with Crippen LogP contribution in [0.3, 0.4) is 0 Å². The van der Waals surface area contributed by atoms with Gasteiger partial charge in [0.25, 0.3) is 0 Å². The first kappa shape index (κ1) is 10.5. The first-order valence-corrected chi connectivity index (χ1v) is 5.16. The van der Waals surface area contributed by atoms with Crippen molar-refractivity contribution in [2.24, 2.45) is 21.8 Å². The molecule has 0 aliphatic carbocycles. The monoisotopic (exact) mass is 214 g/mol. The van der Waals surface area contributed by atoms with Gasteiger partial charge in [0.05, 0.1) is 4.90 Å². The molecular formula is C7H10N4O2S. The molecule has 0 saturated heterocycles. The molecule has 0 aliphatic heterocycles. The fraction of sp³-hybridized carbons (Fsp3) is 0. The SMILES string of the molecule is N/N=C(/N)c1ccc(S(N)(=O)=O)cc1. The van der Waals surface area contributed by atoms with E-state index in [0.29, 0.717) is 5.56 Å². The van der Waals surface area contributed by atoms with E-state index in [4.69, 9.17) is 16.7 Å². The topological polar surface area (TPSA) is 125 Å². The number of hydrogen-bond donors (Lipinski definition) is 3. The van der Waals surface area contributed by atoms with Crippen molar-refractivity contribution in [3.05, 3.63) is 29.8 Å². The molecule has 14 heavy (non-hydrogen) atoms. The van der Waals surface area contributed by atoms with Crippen LogP contribution in [-0.2, 0) is 10.0 Å². The summed E-state index contributed by atoms with van der Waals surface area (Å²) in [7, 11) is -3.66. The summed E-state index contributed by atoms with van der Waals surface area (Å²) in [5.74, 6) is 5.08. The predicted molar refractivity (Wildman–Crippen MR) is 52.7 cm³/mol. The van der Waals surface area contributed by atoms with E-state index in [1.165, 1.54) is 24.3 Å². The van der Waals surface area contributed by atoms with E-state index in [2.05, 4.69) is 5.10 Å². The Bertz CT molecular complexity index is 449. The van der Waals surface area contributed by atoms with Crippen molar-refractivity contribution in [3.8, 4) is 0 Å². The van der Waals surface area contributed by atoms with Crippen LogP contribution in [0.2, 0.25) is 0 Å². The first-order chi connectivity index (χ1) is 6.45. The summed E-state index contributed by atoms with van der Waals surface area (Å²) < 4.78 is 21.8. The first-order valence-electron chi connectivity index (χ1n) is 3.62. The lowest BCUT2D eigenvalue weighted by atomic mass is 10.2. The molecule has 0 amide bonds. The van der Waals surface area contributed by atoms with Gasteiger partial charge in [0.15, 0.2) is 0 Å². The van der Waals surface area contributed by atoms with Crippen LogP contribution < -0.4 is 16.7 Å². The fourth-order valence-electron chi connectivity index (χ4n) is 0.890. The Balaban J connectivity index is 3.14. The van der Waals surface area contributed by atoms with Crippen LogP contribution in [0.25, 0.3) is 0 Å². The van der Waals surface area contributed by atoms with Crippen LogP contribution in [0, 0.1) is 0 Å². The highest BCUT2D eigenvalue weighted by atomic mass is 32.2. The van der Waals surface area contributed by atoms with E-state index in [9.17, 15) is 8.42 Å². The van der Waals surface area contributed by atoms with Crippen molar-refractivity contribution in [1.29, 1.82) is 0 Å². The molecule has 0 radical (unpaired) electrons. The van der Waals surface area contributed by atoms with E-state index in [1.54, 1.807) is 0 Å². The fourth-order valence-corrected chi connectivity index (χ4v) is 1.41. The molecular weight excluding hydrogens is 204 g/mol. The van der Waals surface area contributed by atoms with Gasteiger partial charge in [-0.2, -0.15) is 5.10 Å². The zero-order valence-electron chi connectivity index (χ0n) is 7.21. The van der Waals surface area contributed by atoms with Crippen molar-refractivity contribution in [2.75, 3.05) is 0 Å². The third-order valence-electron chi connectivity index (χ3n) is 1.62. The number of nitrogens with zero attached hydrogens (tertiary/aromatic N) is 1. The standard InChI is InChI=1S/C7H10N4O2S/c8-7(11-9)5-1-3-6(4-2-5)14(10,12)13/h1-4H,9H2,(H2,8,11)(H2,10,12,13). The Kier molecular flexibility index (Phi) is 2.73. The van der Waals surface area contributed by atoms with Crippen LogP contribution in [-0.4, -0.2) is 14.3 Å². The van der Waals surface area contributed by atoms with Crippen LogP contribution in [0.5, 0.6) is 0 Å². The minimum Gasteiger partial charge on any atom is -0.382 e. The van der Waals surface area contributed by atoms with Crippen LogP contribution in [0.4, 0.5) is 0 Å². The highest BCUT2D eigenvalue weighted by Crippen LogP contribution is 2.07. The predicted octanol–water partition coefficient (Wildman–Crippen LogP) is -1.09. The number of benzene rings is 1. The summed E-state index contributed by atoms with van der Waals surface area (Å²) >= 11 is 0. The maximum absolute atomic E-state index is 10.9. The maximum atomic E-state index is 10.9. The van der Waals surface area contributed by atoms with Gasteiger partial charge in [-0.25, -0.2) is 13.6 Å². The molecule has 0 aromatic heterocycles. The summed E-state index contributed by atoms with van der Waals surface area (Å²) in [6.45, 7) is 0. The van der Waals surface area contributed by atoms with Gasteiger partial charge in [-0.1, -0.05) is 0 Å². The summed E-state index contributed by atoms with van der Waals surface area (Å²) in [4.78, 5) is 0.0195. The number of nitrogens with two attached hydrogens (primary N) is 3.